The first kappa shape index (κ1) is 13.3. The number of amides is 1. The maximum atomic E-state index is 12.3. The predicted octanol–water partition coefficient (Wildman–Crippen LogP) is 4.37. The molecule has 2 aliphatic carbocycles. The molecule has 1 aromatic carbocycles. The second-order valence-electron chi connectivity index (χ2n) is 6.60. The number of aromatic nitrogens is 1. The van der Waals surface area contributed by atoms with Gasteiger partial charge in [-0.3, -0.25) is 4.79 Å². The molecule has 4 rings (SSSR count). The molecule has 0 saturated heterocycles. The topological polar surface area (TPSA) is 42.0 Å². The lowest BCUT2D eigenvalue weighted by Crippen LogP contribution is -2.20. The number of nitrogens with zero attached hydrogens (tertiary/aromatic N) is 1. The van der Waals surface area contributed by atoms with Gasteiger partial charge in [-0.05, 0) is 62.1 Å². The van der Waals surface area contributed by atoms with Crippen LogP contribution in [0.25, 0.3) is 10.2 Å². The Balaban J connectivity index is 1.43. The standard InChI is InChI=1S/C17H20N2OS/c1-10-18-15-5-4-14(9-16(15)21-10)19-17(20)8-13-7-11-2-3-12(13)6-11/h4-5,9,11-13H,2-3,6-8H2,1H3,(H,19,20). The molecule has 21 heavy (non-hydrogen) atoms. The van der Waals surface area contributed by atoms with Crippen molar-refractivity contribution in [1.29, 1.82) is 0 Å². The number of hydrogen-bond donors (Lipinski definition) is 1. The number of fused-ring (bicyclic) bond motifs is 3. The molecule has 2 fully saturated rings. The molecule has 2 saturated carbocycles. The molecule has 4 heteroatoms. The zero-order chi connectivity index (χ0) is 14.4. The van der Waals surface area contributed by atoms with Gasteiger partial charge in [0, 0.05) is 12.1 Å². The lowest BCUT2D eigenvalue weighted by molar-refractivity contribution is -0.117. The van der Waals surface area contributed by atoms with Crippen LogP contribution in [-0.4, -0.2) is 10.9 Å². The number of carbonyl (C=O) groups excluding carboxylic acids is 1. The number of hydrogen-bond acceptors (Lipinski definition) is 3. The maximum Gasteiger partial charge on any atom is 0.224 e. The normalized spacial score (nSPS) is 27.4. The minimum atomic E-state index is 0.174. The third-order valence-corrected chi connectivity index (χ3v) is 6.04. The minimum Gasteiger partial charge on any atom is -0.326 e. The summed E-state index contributed by atoms with van der Waals surface area (Å²) in [5, 5.41) is 4.13. The molecule has 3 atom stereocenters. The fraction of sp³-hybridized carbons (Fsp3) is 0.529. The first-order valence-corrected chi connectivity index (χ1v) is 8.66. The van der Waals surface area contributed by atoms with Gasteiger partial charge in [0.25, 0.3) is 0 Å². The van der Waals surface area contributed by atoms with E-state index in [2.05, 4.69) is 10.3 Å². The van der Waals surface area contributed by atoms with Crippen molar-refractivity contribution in [3.05, 3.63) is 23.2 Å². The highest BCUT2D eigenvalue weighted by Gasteiger charge is 2.40. The van der Waals surface area contributed by atoms with Gasteiger partial charge in [-0.25, -0.2) is 4.98 Å². The first-order valence-electron chi connectivity index (χ1n) is 7.84. The summed E-state index contributed by atoms with van der Waals surface area (Å²) in [6.45, 7) is 2.01. The molecule has 2 bridgehead atoms. The Hall–Kier alpha value is -1.42. The third kappa shape index (κ3) is 2.57. The summed E-state index contributed by atoms with van der Waals surface area (Å²) in [7, 11) is 0. The van der Waals surface area contributed by atoms with Crippen molar-refractivity contribution in [3.63, 3.8) is 0 Å². The number of nitrogens with one attached hydrogen (secondary N) is 1. The molecular formula is C17H20N2OS. The summed E-state index contributed by atoms with van der Waals surface area (Å²) in [5.74, 6) is 2.52. The number of carbonyl (C=O) groups is 1. The van der Waals surface area contributed by atoms with Crippen LogP contribution in [0.15, 0.2) is 18.2 Å². The monoisotopic (exact) mass is 300 g/mol. The Bertz CT molecular complexity index is 693. The molecule has 2 aliphatic rings. The quantitative estimate of drug-likeness (QED) is 0.914. The van der Waals surface area contributed by atoms with Crippen LogP contribution in [-0.2, 0) is 4.79 Å². The number of aryl methyl sites for hydroxylation is 1. The Morgan fingerprint density at radius 2 is 2.29 bits per heavy atom. The summed E-state index contributed by atoms with van der Waals surface area (Å²) in [6.07, 6.45) is 6.06. The second-order valence-corrected chi connectivity index (χ2v) is 7.84. The average Bonchev–Trinajstić information content (AvgIpc) is 3.11. The average molecular weight is 300 g/mol. The van der Waals surface area contributed by atoms with Crippen LogP contribution in [0.4, 0.5) is 5.69 Å². The van der Waals surface area contributed by atoms with E-state index in [9.17, 15) is 4.79 Å². The van der Waals surface area contributed by atoms with Gasteiger partial charge in [0.1, 0.15) is 0 Å². The number of rotatable bonds is 3. The minimum absolute atomic E-state index is 0.174. The largest absolute Gasteiger partial charge is 0.326 e. The second kappa shape index (κ2) is 5.09. The Morgan fingerprint density at radius 3 is 3.05 bits per heavy atom. The summed E-state index contributed by atoms with van der Waals surface area (Å²) in [4.78, 5) is 16.7. The van der Waals surface area contributed by atoms with Crippen molar-refractivity contribution >= 4 is 33.1 Å². The molecular weight excluding hydrogens is 280 g/mol. The molecule has 0 spiro atoms. The van der Waals surface area contributed by atoms with Crippen molar-refractivity contribution in [2.45, 2.75) is 39.0 Å². The zero-order valence-corrected chi connectivity index (χ0v) is 13.1. The van der Waals surface area contributed by atoms with E-state index in [0.717, 1.165) is 32.7 Å². The molecule has 3 nitrogen and oxygen atoms in total. The van der Waals surface area contributed by atoms with Gasteiger partial charge in [-0.1, -0.05) is 6.42 Å². The van der Waals surface area contributed by atoms with E-state index < -0.39 is 0 Å². The summed E-state index contributed by atoms with van der Waals surface area (Å²) >= 11 is 1.67. The molecule has 1 N–H and O–H groups in total. The van der Waals surface area contributed by atoms with Crippen LogP contribution in [0, 0.1) is 24.7 Å². The first-order chi connectivity index (χ1) is 10.2. The van der Waals surface area contributed by atoms with Crippen molar-refractivity contribution in [2.24, 2.45) is 17.8 Å². The van der Waals surface area contributed by atoms with Crippen LogP contribution >= 0.6 is 11.3 Å². The van der Waals surface area contributed by atoms with Crippen molar-refractivity contribution in [3.8, 4) is 0 Å². The van der Waals surface area contributed by atoms with Gasteiger partial charge in [-0.15, -0.1) is 11.3 Å². The smallest absolute Gasteiger partial charge is 0.224 e. The lowest BCUT2D eigenvalue weighted by atomic mass is 9.86. The number of benzene rings is 1. The maximum absolute atomic E-state index is 12.3. The predicted molar refractivity (Wildman–Crippen MR) is 86.5 cm³/mol. The Kier molecular flexibility index (Phi) is 3.21. The number of thiazole rings is 1. The van der Waals surface area contributed by atoms with Gasteiger partial charge < -0.3 is 5.32 Å². The fourth-order valence-electron chi connectivity index (χ4n) is 4.19. The molecule has 1 amide bonds. The highest BCUT2D eigenvalue weighted by molar-refractivity contribution is 7.18. The number of anilines is 1. The summed E-state index contributed by atoms with van der Waals surface area (Å²) in [5.41, 5.74) is 1.92. The highest BCUT2D eigenvalue weighted by atomic mass is 32.1. The molecule has 1 heterocycles. The van der Waals surface area contributed by atoms with E-state index in [1.807, 2.05) is 25.1 Å². The van der Waals surface area contributed by atoms with E-state index >= 15 is 0 Å². The zero-order valence-electron chi connectivity index (χ0n) is 12.3. The van der Waals surface area contributed by atoms with Crippen LogP contribution in [0.1, 0.15) is 37.1 Å². The molecule has 1 aromatic heterocycles. The Labute approximate surface area is 128 Å². The van der Waals surface area contributed by atoms with Gasteiger partial charge in [-0.2, -0.15) is 0 Å². The molecule has 110 valence electrons. The van der Waals surface area contributed by atoms with E-state index in [-0.39, 0.29) is 5.91 Å². The summed E-state index contributed by atoms with van der Waals surface area (Å²) in [6, 6.07) is 5.99. The van der Waals surface area contributed by atoms with E-state index in [1.165, 1.54) is 25.7 Å². The van der Waals surface area contributed by atoms with Gasteiger partial charge in [0.15, 0.2) is 0 Å². The molecule has 0 radical (unpaired) electrons. The fourth-order valence-corrected chi connectivity index (χ4v) is 5.06. The van der Waals surface area contributed by atoms with Crippen molar-refractivity contribution in [2.75, 3.05) is 5.32 Å². The third-order valence-electron chi connectivity index (χ3n) is 5.11. The molecule has 2 aromatic rings. The van der Waals surface area contributed by atoms with E-state index in [0.29, 0.717) is 12.3 Å². The van der Waals surface area contributed by atoms with E-state index in [1.54, 1.807) is 11.3 Å². The van der Waals surface area contributed by atoms with Crippen LogP contribution in [0.2, 0.25) is 0 Å². The van der Waals surface area contributed by atoms with E-state index in [4.69, 9.17) is 0 Å². The molecule has 0 aliphatic heterocycles. The SMILES string of the molecule is Cc1nc2ccc(NC(=O)CC3CC4CCC3C4)cc2s1. The molecule has 3 unspecified atom stereocenters. The van der Waals surface area contributed by atoms with Crippen molar-refractivity contribution < 1.29 is 4.79 Å². The highest BCUT2D eigenvalue weighted by Crippen LogP contribution is 2.49. The Morgan fingerprint density at radius 1 is 1.38 bits per heavy atom. The van der Waals surface area contributed by atoms with Crippen molar-refractivity contribution in [1.82, 2.24) is 4.98 Å². The van der Waals surface area contributed by atoms with Crippen LogP contribution in [0.5, 0.6) is 0 Å². The lowest BCUT2D eigenvalue weighted by Gasteiger charge is -2.20. The van der Waals surface area contributed by atoms with Crippen LogP contribution < -0.4 is 5.32 Å². The van der Waals surface area contributed by atoms with Gasteiger partial charge >= 0.3 is 0 Å². The van der Waals surface area contributed by atoms with Crippen LogP contribution in [0.3, 0.4) is 0 Å². The van der Waals surface area contributed by atoms with Gasteiger partial charge in [0.2, 0.25) is 5.91 Å². The summed E-state index contributed by atoms with van der Waals surface area (Å²) < 4.78 is 1.14. The van der Waals surface area contributed by atoms with Gasteiger partial charge in [0.05, 0.1) is 15.2 Å².